The fourth-order valence-electron chi connectivity index (χ4n) is 3.75. The van der Waals surface area contributed by atoms with Gasteiger partial charge in [-0.2, -0.15) is 5.10 Å². The molecular weight excluding hydrogens is 386 g/mol. The third-order valence-electron chi connectivity index (χ3n) is 5.17. The van der Waals surface area contributed by atoms with Crippen LogP contribution in [0.3, 0.4) is 0 Å². The predicted molar refractivity (Wildman–Crippen MR) is 113 cm³/mol. The number of rotatable bonds is 7. The molecule has 2 aromatic carbocycles. The number of halogens is 1. The first-order valence-electron chi connectivity index (χ1n) is 9.95. The number of aromatic nitrogens is 2. The smallest absolute Gasteiger partial charge is 0.223 e. The quantitative estimate of drug-likeness (QED) is 0.622. The van der Waals surface area contributed by atoms with Gasteiger partial charge in [0.1, 0.15) is 5.75 Å². The number of ether oxygens (including phenoxy) is 1. The highest BCUT2D eigenvalue weighted by atomic mass is 35.5. The second kappa shape index (κ2) is 9.14. The van der Waals surface area contributed by atoms with E-state index < -0.39 is 0 Å². The maximum Gasteiger partial charge on any atom is 0.223 e. The molecule has 4 rings (SSSR count). The second-order valence-corrected chi connectivity index (χ2v) is 7.69. The Labute approximate surface area is 175 Å². The van der Waals surface area contributed by atoms with Gasteiger partial charge in [-0.05, 0) is 43.0 Å². The average Bonchev–Trinajstić information content (AvgIpc) is 3.13. The zero-order valence-corrected chi connectivity index (χ0v) is 16.9. The number of nitrogens with zero attached hydrogens (tertiary/aromatic N) is 2. The minimum absolute atomic E-state index is 0.0133. The van der Waals surface area contributed by atoms with Crippen LogP contribution in [0.4, 0.5) is 0 Å². The topological polar surface area (TPSA) is 56.1 Å². The van der Waals surface area contributed by atoms with Crippen LogP contribution in [0.15, 0.2) is 60.8 Å². The third kappa shape index (κ3) is 4.98. The molecule has 0 bridgehead atoms. The number of benzene rings is 2. The lowest BCUT2D eigenvalue weighted by molar-refractivity contribution is -0.122. The van der Waals surface area contributed by atoms with E-state index in [9.17, 15) is 4.79 Å². The molecule has 0 radical (unpaired) electrons. The molecule has 0 aliphatic heterocycles. The van der Waals surface area contributed by atoms with Crippen molar-refractivity contribution in [3.8, 4) is 5.75 Å². The minimum atomic E-state index is -0.0133. The number of hydrogen-bond donors (Lipinski definition) is 1. The Hall–Kier alpha value is -2.79. The zero-order valence-electron chi connectivity index (χ0n) is 16.2. The molecule has 1 heterocycles. The van der Waals surface area contributed by atoms with Gasteiger partial charge in [0.25, 0.3) is 0 Å². The Morgan fingerprint density at radius 1 is 1.21 bits per heavy atom. The summed E-state index contributed by atoms with van der Waals surface area (Å²) in [4.78, 5) is 12.4. The van der Waals surface area contributed by atoms with Crippen LogP contribution >= 0.6 is 11.6 Å². The number of nitrogens with one attached hydrogen (secondary N) is 1. The molecule has 0 fully saturated rings. The van der Waals surface area contributed by atoms with Crippen LogP contribution in [-0.2, 0) is 17.8 Å². The Bertz CT molecular complexity index is 971. The largest absolute Gasteiger partial charge is 0.493 e. The summed E-state index contributed by atoms with van der Waals surface area (Å²) >= 11 is 5.95. The van der Waals surface area contributed by atoms with Gasteiger partial charge in [0.05, 0.1) is 31.8 Å². The fourth-order valence-corrected chi connectivity index (χ4v) is 3.93. The molecular formula is C23H24ClN3O2. The summed E-state index contributed by atoms with van der Waals surface area (Å²) in [6.07, 6.45) is 5.18. The highest BCUT2D eigenvalue weighted by Gasteiger charge is 2.25. The van der Waals surface area contributed by atoms with Crippen molar-refractivity contribution >= 4 is 17.5 Å². The van der Waals surface area contributed by atoms with Crippen molar-refractivity contribution in [2.75, 3.05) is 6.61 Å². The zero-order chi connectivity index (χ0) is 20.1. The molecule has 1 aromatic heterocycles. The summed E-state index contributed by atoms with van der Waals surface area (Å²) < 4.78 is 7.69. The van der Waals surface area contributed by atoms with E-state index in [2.05, 4.69) is 27.2 Å². The van der Waals surface area contributed by atoms with Gasteiger partial charge in [-0.1, -0.05) is 48.0 Å². The molecule has 3 aromatic rings. The Balaban J connectivity index is 1.34. The number of amides is 1. The summed E-state index contributed by atoms with van der Waals surface area (Å²) in [6, 6.07) is 17.5. The minimum Gasteiger partial charge on any atom is -0.493 e. The summed E-state index contributed by atoms with van der Waals surface area (Å²) in [5, 5.41) is 8.36. The van der Waals surface area contributed by atoms with Crippen LogP contribution < -0.4 is 10.1 Å². The highest BCUT2D eigenvalue weighted by Crippen LogP contribution is 2.30. The van der Waals surface area contributed by atoms with Crippen LogP contribution in [0, 0.1) is 0 Å². The van der Waals surface area contributed by atoms with Crippen LogP contribution in [0.25, 0.3) is 0 Å². The lowest BCUT2D eigenvalue weighted by atomic mass is 9.92. The van der Waals surface area contributed by atoms with Gasteiger partial charge in [-0.3, -0.25) is 9.48 Å². The molecule has 1 aliphatic rings. The molecule has 5 nitrogen and oxygen atoms in total. The predicted octanol–water partition coefficient (Wildman–Crippen LogP) is 4.55. The Morgan fingerprint density at radius 2 is 2.07 bits per heavy atom. The normalized spacial score (nSPS) is 15.6. The summed E-state index contributed by atoms with van der Waals surface area (Å²) in [6.45, 7) is 1.07. The van der Waals surface area contributed by atoms with Gasteiger partial charge in [-0.25, -0.2) is 0 Å². The van der Waals surface area contributed by atoms with Crippen molar-refractivity contribution < 1.29 is 9.53 Å². The molecule has 1 amide bonds. The van der Waals surface area contributed by atoms with Crippen molar-refractivity contribution in [3.63, 3.8) is 0 Å². The molecule has 1 atom stereocenters. The molecule has 6 heteroatoms. The van der Waals surface area contributed by atoms with E-state index in [0.29, 0.717) is 23.8 Å². The molecule has 0 unspecified atom stereocenters. The van der Waals surface area contributed by atoms with Crippen molar-refractivity contribution in [2.24, 2.45) is 0 Å². The molecule has 29 heavy (non-hydrogen) atoms. The van der Waals surface area contributed by atoms with Gasteiger partial charge in [0.2, 0.25) is 5.91 Å². The van der Waals surface area contributed by atoms with E-state index in [1.54, 1.807) is 12.1 Å². The molecule has 0 spiro atoms. The molecule has 1 N–H and O–H groups in total. The van der Waals surface area contributed by atoms with E-state index in [1.807, 2.05) is 36.5 Å². The monoisotopic (exact) mass is 409 g/mol. The Kier molecular flexibility index (Phi) is 6.15. The standard InChI is InChI=1S/C23H24ClN3O2/c24-18-8-4-9-19(14-18)29-13-12-23(28)26-21-10-5-11-22-20(21)15-25-27(22)16-17-6-2-1-3-7-17/h1-4,6-9,14-15,21H,5,10-13,16H2,(H,26,28)/t21-/m0/s1. The first kappa shape index (κ1) is 19.5. The maximum absolute atomic E-state index is 12.4. The van der Waals surface area contributed by atoms with Crippen LogP contribution in [0.2, 0.25) is 5.02 Å². The molecule has 150 valence electrons. The number of carbonyl (C=O) groups excluding carboxylic acids is 1. The average molecular weight is 410 g/mol. The molecule has 0 saturated heterocycles. The van der Waals surface area contributed by atoms with Crippen molar-refractivity contribution in [1.82, 2.24) is 15.1 Å². The fraction of sp³-hybridized carbons (Fsp3) is 0.304. The first-order valence-corrected chi connectivity index (χ1v) is 10.3. The van der Waals surface area contributed by atoms with Gasteiger partial charge >= 0.3 is 0 Å². The van der Waals surface area contributed by atoms with Crippen molar-refractivity contribution in [3.05, 3.63) is 82.6 Å². The van der Waals surface area contributed by atoms with Crippen LogP contribution in [-0.4, -0.2) is 22.3 Å². The SMILES string of the molecule is O=C(CCOc1cccc(Cl)c1)N[C@H]1CCCc2c1cnn2Cc1ccccc1. The number of fused-ring (bicyclic) bond motifs is 1. The summed E-state index contributed by atoms with van der Waals surface area (Å²) in [7, 11) is 0. The first-order chi connectivity index (χ1) is 14.2. The van der Waals surface area contributed by atoms with Crippen molar-refractivity contribution in [2.45, 2.75) is 38.3 Å². The lowest BCUT2D eigenvalue weighted by Crippen LogP contribution is -2.31. The van der Waals surface area contributed by atoms with E-state index in [-0.39, 0.29) is 11.9 Å². The number of carbonyl (C=O) groups is 1. The van der Waals surface area contributed by atoms with Crippen LogP contribution in [0.5, 0.6) is 5.75 Å². The molecule has 0 saturated carbocycles. The van der Waals surface area contributed by atoms with E-state index in [0.717, 1.165) is 31.4 Å². The van der Waals surface area contributed by atoms with Gasteiger partial charge in [0.15, 0.2) is 0 Å². The summed E-state index contributed by atoms with van der Waals surface area (Å²) in [5.74, 6) is 0.660. The highest BCUT2D eigenvalue weighted by molar-refractivity contribution is 6.30. The maximum atomic E-state index is 12.4. The van der Waals surface area contributed by atoms with Crippen molar-refractivity contribution in [1.29, 1.82) is 0 Å². The van der Waals surface area contributed by atoms with Crippen LogP contribution in [0.1, 0.15) is 42.1 Å². The molecule has 1 aliphatic carbocycles. The van der Waals surface area contributed by atoms with Gasteiger partial charge in [0, 0.05) is 16.3 Å². The Morgan fingerprint density at radius 3 is 2.90 bits per heavy atom. The van der Waals surface area contributed by atoms with Gasteiger partial charge in [-0.15, -0.1) is 0 Å². The van der Waals surface area contributed by atoms with E-state index in [1.165, 1.54) is 11.3 Å². The third-order valence-corrected chi connectivity index (χ3v) is 5.40. The van der Waals surface area contributed by atoms with Gasteiger partial charge < -0.3 is 10.1 Å². The number of hydrogen-bond acceptors (Lipinski definition) is 3. The summed E-state index contributed by atoms with van der Waals surface area (Å²) in [5.41, 5.74) is 3.58. The van der Waals surface area contributed by atoms with E-state index in [4.69, 9.17) is 16.3 Å². The lowest BCUT2D eigenvalue weighted by Gasteiger charge is -2.24. The van der Waals surface area contributed by atoms with E-state index >= 15 is 0 Å². The second-order valence-electron chi connectivity index (χ2n) is 7.26.